The van der Waals surface area contributed by atoms with Crippen molar-refractivity contribution < 1.29 is 18.0 Å². The smallest absolute Gasteiger partial charge is 0.244 e. The molecule has 0 aliphatic rings. The molecule has 0 fully saturated rings. The van der Waals surface area contributed by atoms with Gasteiger partial charge in [0, 0.05) is 33.7 Å². The second-order valence-electron chi connectivity index (χ2n) is 8.49. The largest absolute Gasteiger partial charge is 0.354 e. The maximum atomic E-state index is 13.7. The van der Waals surface area contributed by atoms with E-state index >= 15 is 0 Å². The SMILES string of the molecule is CCCCNC(=O)[C@H](CC)N(Cc1c(Cl)cccc1Cl)C(=O)CN(c1ccc(Cl)cc1C)S(C)(=O)=O. The first-order valence-corrected chi connectivity index (χ1v) is 14.6. The summed E-state index contributed by atoms with van der Waals surface area (Å²) in [6.07, 6.45) is 3.03. The fourth-order valence-corrected chi connectivity index (χ4v) is 5.42. The monoisotopic (exact) mass is 575 g/mol. The van der Waals surface area contributed by atoms with Gasteiger partial charge in [-0.05, 0) is 55.7 Å². The number of sulfonamides is 1. The predicted molar refractivity (Wildman–Crippen MR) is 147 cm³/mol. The number of hydrogen-bond donors (Lipinski definition) is 1. The molecular formula is C25H32Cl3N3O4S. The van der Waals surface area contributed by atoms with Crippen LogP contribution in [-0.4, -0.2) is 50.5 Å². The van der Waals surface area contributed by atoms with Crippen molar-refractivity contribution in [3.05, 3.63) is 62.6 Å². The van der Waals surface area contributed by atoms with Gasteiger partial charge in [0.05, 0.1) is 11.9 Å². The van der Waals surface area contributed by atoms with E-state index in [0.717, 1.165) is 23.4 Å². The molecule has 1 atom stereocenters. The van der Waals surface area contributed by atoms with E-state index in [1.165, 1.54) is 4.90 Å². The fourth-order valence-electron chi connectivity index (χ4n) is 3.77. The fraction of sp³-hybridized carbons (Fsp3) is 0.440. The van der Waals surface area contributed by atoms with Gasteiger partial charge in [0.1, 0.15) is 12.6 Å². The number of rotatable bonds is 12. The number of benzene rings is 2. The Morgan fingerprint density at radius 1 is 1.06 bits per heavy atom. The molecular weight excluding hydrogens is 545 g/mol. The summed E-state index contributed by atoms with van der Waals surface area (Å²) >= 11 is 18.8. The first-order valence-electron chi connectivity index (χ1n) is 11.6. The van der Waals surface area contributed by atoms with Gasteiger partial charge in [-0.15, -0.1) is 0 Å². The van der Waals surface area contributed by atoms with Gasteiger partial charge in [0.15, 0.2) is 0 Å². The van der Waals surface area contributed by atoms with E-state index in [0.29, 0.717) is 44.8 Å². The minimum atomic E-state index is -3.85. The Morgan fingerprint density at radius 3 is 2.22 bits per heavy atom. The van der Waals surface area contributed by atoms with Crippen molar-refractivity contribution in [2.75, 3.05) is 23.7 Å². The van der Waals surface area contributed by atoms with Gasteiger partial charge in [0.25, 0.3) is 0 Å². The van der Waals surface area contributed by atoms with Crippen molar-refractivity contribution in [3.8, 4) is 0 Å². The number of nitrogens with one attached hydrogen (secondary N) is 1. The van der Waals surface area contributed by atoms with Crippen molar-refractivity contribution in [1.82, 2.24) is 10.2 Å². The van der Waals surface area contributed by atoms with E-state index in [4.69, 9.17) is 34.8 Å². The maximum Gasteiger partial charge on any atom is 0.244 e. The first-order chi connectivity index (χ1) is 16.9. The molecule has 0 saturated heterocycles. The summed E-state index contributed by atoms with van der Waals surface area (Å²) in [4.78, 5) is 28.2. The van der Waals surface area contributed by atoms with Crippen LogP contribution in [0.4, 0.5) is 5.69 Å². The number of carbonyl (C=O) groups excluding carboxylic acids is 2. The zero-order chi connectivity index (χ0) is 27.0. The highest BCUT2D eigenvalue weighted by Gasteiger charge is 2.32. The van der Waals surface area contributed by atoms with Crippen LogP contribution in [0.25, 0.3) is 0 Å². The zero-order valence-corrected chi connectivity index (χ0v) is 23.9. The molecule has 0 radical (unpaired) electrons. The van der Waals surface area contributed by atoms with E-state index in [1.807, 2.05) is 6.92 Å². The van der Waals surface area contributed by atoms with Crippen LogP contribution < -0.4 is 9.62 Å². The molecule has 36 heavy (non-hydrogen) atoms. The highest BCUT2D eigenvalue weighted by atomic mass is 35.5. The minimum absolute atomic E-state index is 0.0613. The summed E-state index contributed by atoms with van der Waals surface area (Å²) in [7, 11) is -3.85. The Hall–Kier alpha value is -2.00. The van der Waals surface area contributed by atoms with Gasteiger partial charge >= 0.3 is 0 Å². The third-order valence-electron chi connectivity index (χ3n) is 5.71. The quantitative estimate of drug-likeness (QED) is 0.341. The highest BCUT2D eigenvalue weighted by Crippen LogP contribution is 2.29. The lowest BCUT2D eigenvalue weighted by Crippen LogP contribution is -2.52. The topological polar surface area (TPSA) is 86.8 Å². The Bertz CT molecular complexity index is 1170. The Morgan fingerprint density at radius 2 is 1.69 bits per heavy atom. The number of halogens is 3. The lowest BCUT2D eigenvalue weighted by molar-refractivity contribution is -0.140. The molecule has 0 bridgehead atoms. The molecule has 0 unspecified atom stereocenters. The normalized spacial score (nSPS) is 12.2. The van der Waals surface area contributed by atoms with Crippen molar-refractivity contribution in [1.29, 1.82) is 0 Å². The van der Waals surface area contributed by atoms with Crippen molar-refractivity contribution >= 4 is 62.3 Å². The van der Waals surface area contributed by atoms with Gasteiger partial charge in [-0.3, -0.25) is 13.9 Å². The molecule has 0 aromatic heterocycles. The highest BCUT2D eigenvalue weighted by molar-refractivity contribution is 7.92. The van der Waals surface area contributed by atoms with Crippen LogP contribution in [0.2, 0.25) is 15.1 Å². The van der Waals surface area contributed by atoms with E-state index < -0.39 is 28.5 Å². The average Bonchev–Trinajstić information content (AvgIpc) is 2.79. The number of hydrogen-bond acceptors (Lipinski definition) is 4. The van der Waals surface area contributed by atoms with Gasteiger partial charge in [0.2, 0.25) is 21.8 Å². The third kappa shape index (κ3) is 8.00. The van der Waals surface area contributed by atoms with Crippen molar-refractivity contribution in [2.24, 2.45) is 0 Å². The van der Waals surface area contributed by atoms with Gasteiger partial charge in [-0.25, -0.2) is 8.42 Å². The molecule has 2 rings (SSSR count). The van der Waals surface area contributed by atoms with Crippen LogP contribution in [0.5, 0.6) is 0 Å². The molecule has 0 aliphatic heterocycles. The Kier molecular flexibility index (Phi) is 11.3. The summed E-state index contributed by atoms with van der Waals surface area (Å²) in [5.74, 6) is -0.890. The molecule has 1 N–H and O–H groups in total. The average molecular weight is 577 g/mol. The molecule has 11 heteroatoms. The van der Waals surface area contributed by atoms with E-state index in [1.54, 1.807) is 50.2 Å². The summed E-state index contributed by atoms with van der Waals surface area (Å²) in [6.45, 7) is 5.41. The molecule has 198 valence electrons. The second-order valence-corrected chi connectivity index (χ2v) is 11.6. The number of nitrogens with zero attached hydrogens (tertiary/aromatic N) is 2. The molecule has 0 spiro atoms. The third-order valence-corrected chi connectivity index (χ3v) is 7.78. The molecule has 2 aromatic carbocycles. The lowest BCUT2D eigenvalue weighted by atomic mass is 10.1. The predicted octanol–water partition coefficient (Wildman–Crippen LogP) is 5.44. The zero-order valence-electron chi connectivity index (χ0n) is 20.9. The Labute approximate surface area is 228 Å². The number of anilines is 1. The molecule has 0 aliphatic carbocycles. The molecule has 0 saturated carbocycles. The van der Waals surface area contributed by atoms with Gasteiger partial charge < -0.3 is 10.2 Å². The summed E-state index contributed by atoms with van der Waals surface area (Å²) in [5.41, 5.74) is 1.39. The van der Waals surface area contributed by atoms with Gasteiger partial charge in [-0.1, -0.05) is 61.1 Å². The minimum Gasteiger partial charge on any atom is -0.354 e. The first kappa shape index (κ1) is 30.2. The summed E-state index contributed by atoms with van der Waals surface area (Å²) in [6, 6.07) is 8.86. The van der Waals surface area contributed by atoms with E-state index in [-0.39, 0.29) is 12.5 Å². The number of unbranched alkanes of at least 4 members (excludes halogenated alkanes) is 1. The van der Waals surface area contributed by atoms with Crippen LogP contribution in [0.3, 0.4) is 0 Å². The summed E-state index contributed by atoms with van der Waals surface area (Å²) in [5, 5.41) is 4.00. The van der Waals surface area contributed by atoms with Crippen LogP contribution in [-0.2, 0) is 26.2 Å². The van der Waals surface area contributed by atoms with Crippen molar-refractivity contribution in [2.45, 2.75) is 52.6 Å². The van der Waals surface area contributed by atoms with Crippen molar-refractivity contribution in [3.63, 3.8) is 0 Å². The van der Waals surface area contributed by atoms with Crippen LogP contribution in [0.1, 0.15) is 44.2 Å². The standard InChI is InChI=1S/C25H32Cl3N3O4S/c1-5-7-13-29-25(33)22(6-2)30(15-19-20(27)9-8-10-21(19)28)24(32)16-31(36(4,34)35)23-12-11-18(26)14-17(23)3/h8-12,14,22H,5-7,13,15-16H2,1-4H3,(H,29,33)/t22-/m0/s1. The van der Waals surface area contributed by atoms with Crippen LogP contribution in [0, 0.1) is 6.92 Å². The van der Waals surface area contributed by atoms with Gasteiger partial charge in [-0.2, -0.15) is 0 Å². The summed E-state index contributed by atoms with van der Waals surface area (Å²) < 4.78 is 26.5. The van der Waals surface area contributed by atoms with E-state index in [2.05, 4.69) is 5.32 Å². The molecule has 2 amide bonds. The number of carbonyl (C=O) groups is 2. The second kappa shape index (κ2) is 13.5. The molecule has 7 nitrogen and oxygen atoms in total. The van der Waals surface area contributed by atoms with E-state index in [9.17, 15) is 18.0 Å². The number of aryl methyl sites for hydroxylation is 1. The molecule has 0 heterocycles. The molecule has 2 aromatic rings. The van der Waals surface area contributed by atoms with Crippen LogP contribution in [0.15, 0.2) is 36.4 Å². The van der Waals surface area contributed by atoms with Crippen LogP contribution >= 0.6 is 34.8 Å². The lowest BCUT2D eigenvalue weighted by Gasteiger charge is -2.33. The maximum absolute atomic E-state index is 13.7. The number of amides is 2. The Balaban J connectivity index is 2.50.